The third kappa shape index (κ3) is 5.30. The van der Waals surface area contributed by atoms with Crippen LogP contribution in [0.2, 0.25) is 0 Å². The molecule has 0 fully saturated rings. The quantitative estimate of drug-likeness (QED) is 0.761. The first-order valence-electron chi connectivity index (χ1n) is 8.78. The summed E-state index contributed by atoms with van der Waals surface area (Å²) in [6, 6.07) is 12.8. The summed E-state index contributed by atoms with van der Waals surface area (Å²) in [6.45, 7) is 6.07. The largest absolute Gasteiger partial charge is 0.376 e. The Balaban J connectivity index is 2.03. The molecule has 2 aromatic rings. The van der Waals surface area contributed by atoms with Crippen molar-refractivity contribution in [2.45, 2.75) is 31.6 Å². The molecule has 0 aliphatic heterocycles. The third-order valence-corrected chi connectivity index (χ3v) is 6.22. The molecular weight excluding hydrogens is 362 g/mol. The molecule has 0 unspecified atom stereocenters. The van der Waals surface area contributed by atoms with E-state index in [1.807, 2.05) is 24.3 Å². The second kappa shape index (κ2) is 8.54. The van der Waals surface area contributed by atoms with E-state index in [1.54, 1.807) is 19.1 Å². The van der Waals surface area contributed by atoms with Gasteiger partial charge >= 0.3 is 0 Å². The second-order valence-electron chi connectivity index (χ2n) is 6.95. The van der Waals surface area contributed by atoms with E-state index < -0.39 is 10.0 Å². The number of aryl methyl sites for hydroxylation is 1. The number of carbonyl (C=O) groups is 1. The average molecular weight is 390 g/mol. The lowest BCUT2D eigenvalue weighted by Gasteiger charge is -2.15. The van der Waals surface area contributed by atoms with Crippen LogP contribution in [-0.4, -0.2) is 39.3 Å². The molecule has 0 saturated carbocycles. The predicted molar refractivity (Wildman–Crippen MR) is 110 cm³/mol. The molecule has 1 amide bonds. The van der Waals surface area contributed by atoms with Gasteiger partial charge in [0.1, 0.15) is 0 Å². The number of nitrogens with one attached hydrogen (secondary N) is 2. The van der Waals surface area contributed by atoms with Gasteiger partial charge in [-0.15, -0.1) is 0 Å². The zero-order valence-corrected chi connectivity index (χ0v) is 17.2. The van der Waals surface area contributed by atoms with Crippen molar-refractivity contribution in [2.24, 2.45) is 0 Å². The van der Waals surface area contributed by atoms with Gasteiger partial charge in [0, 0.05) is 25.5 Å². The van der Waals surface area contributed by atoms with Gasteiger partial charge in [-0.3, -0.25) is 4.79 Å². The van der Waals surface area contributed by atoms with Crippen LogP contribution in [0.25, 0.3) is 0 Å². The number of benzene rings is 2. The fourth-order valence-electron chi connectivity index (χ4n) is 2.53. The summed E-state index contributed by atoms with van der Waals surface area (Å²) in [6.07, 6.45) is 0. The number of hydrogen-bond donors (Lipinski definition) is 2. The summed E-state index contributed by atoms with van der Waals surface area (Å²) >= 11 is 0. The van der Waals surface area contributed by atoms with Crippen molar-refractivity contribution < 1.29 is 13.2 Å². The zero-order chi connectivity index (χ0) is 20.2. The van der Waals surface area contributed by atoms with Gasteiger partial charge in [0.2, 0.25) is 15.9 Å². The Hall–Kier alpha value is -2.38. The molecule has 0 heterocycles. The van der Waals surface area contributed by atoms with Crippen molar-refractivity contribution in [3.63, 3.8) is 0 Å². The molecule has 27 heavy (non-hydrogen) atoms. The summed E-state index contributed by atoms with van der Waals surface area (Å²) in [5.74, 6) is 0.205. The Morgan fingerprint density at radius 2 is 1.63 bits per heavy atom. The molecule has 0 aliphatic rings. The molecule has 2 N–H and O–H groups in total. The molecule has 0 bridgehead atoms. The van der Waals surface area contributed by atoms with E-state index in [4.69, 9.17) is 0 Å². The van der Waals surface area contributed by atoms with Crippen molar-refractivity contribution in [1.29, 1.82) is 0 Å². The lowest BCUT2D eigenvalue weighted by molar-refractivity contribution is -0.114. The van der Waals surface area contributed by atoms with E-state index >= 15 is 0 Å². The first-order chi connectivity index (χ1) is 12.6. The number of rotatable bonds is 7. The minimum absolute atomic E-state index is 0.0880. The topological polar surface area (TPSA) is 78.5 Å². The highest BCUT2D eigenvalue weighted by Crippen LogP contribution is 2.22. The average Bonchev–Trinajstić information content (AvgIpc) is 2.61. The number of hydrogen-bond acceptors (Lipinski definition) is 4. The lowest BCUT2D eigenvalue weighted by Crippen LogP contribution is -2.24. The Bertz CT molecular complexity index is 905. The number of amides is 1. The van der Waals surface area contributed by atoms with Crippen molar-refractivity contribution in [1.82, 2.24) is 4.31 Å². The number of anilines is 2. The first kappa shape index (κ1) is 20.9. The molecule has 2 rings (SSSR count). The summed E-state index contributed by atoms with van der Waals surface area (Å²) in [7, 11) is -0.605. The van der Waals surface area contributed by atoms with Gasteiger partial charge in [-0.05, 0) is 48.2 Å². The van der Waals surface area contributed by atoms with Crippen LogP contribution in [0.15, 0.2) is 47.4 Å². The van der Waals surface area contributed by atoms with Gasteiger partial charge < -0.3 is 10.6 Å². The van der Waals surface area contributed by atoms with E-state index in [1.165, 1.54) is 25.7 Å². The lowest BCUT2D eigenvalue weighted by atomic mass is 10.0. The molecule has 0 aromatic heterocycles. The van der Waals surface area contributed by atoms with Gasteiger partial charge in [-0.1, -0.05) is 32.0 Å². The maximum atomic E-state index is 12.4. The zero-order valence-electron chi connectivity index (χ0n) is 16.4. The minimum Gasteiger partial charge on any atom is -0.376 e. The molecule has 146 valence electrons. The van der Waals surface area contributed by atoms with Crippen LogP contribution >= 0.6 is 0 Å². The Morgan fingerprint density at radius 1 is 1.04 bits per heavy atom. The van der Waals surface area contributed by atoms with Crippen LogP contribution in [0.1, 0.15) is 30.9 Å². The fourth-order valence-corrected chi connectivity index (χ4v) is 3.67. The summed E-state index contributed by atoms with van der Waals surface area (Å²) in [5, 5.41) is 5.80. The fraction of sp³-hybridized carbons (Fsp3) is 0.350. The van der Waals surface area contributed by atoms with Gasteiger partial charge in [0.05, 0.1) is 11.4 Å². The summed E-state index contributed by atoms with van der Waals surface area (Å²) < 4.78 is 25.9. The van der Waals surface area contributed by atoms with Gasteiger partial charge in [-0.25, -0.2) is 12.7 Å². The Kier molecular flexibility index (Phi) is 6.62. The molecule has 0 aliphatic carbocycles. The molecular formula is C20H27N3O3S. The van der Waals surface area contributed by atoms with Gasteiger partial charge in [0.15, 0.2) is 0 Å². The summed E-state index contributed by atoms with van der Waals surface area (Å²) in [5.41, 5.74) is 3.17. The van der Waals surface area contributed by atoms with E-state index in [2.05, 4.69) is 24.5 Å². The standard InChI is InChI=1S/C20H27N3O3S/c1-14(2)16-7-10-17(11-8-16)21-13-20(24)22-18-9-6-15(3)19(12-18)27(25,26)23(4)5/h6-12,14,21H,13H2,1-5H3,(H,22,24). The number of sulfonamides is 1. The molecule has 2 aromatic carbocycles. The smallest absolute Gasteiger partial charge is 0.243 e. The van der Waals surface area contributed by atoms with Crippen molar-refractivity contribution in [3.05, 3.63) is 53.6 Å². The van der Waals surface area contributed by atoms with Crippen LogP contribution in [0, 0.1) is 6.92 Å². The monoisotopic (exact) mass is 389 g/mol. The molecule has 0 spiro atoms. The Labute approximate surface area is 161 Å². The Morgan fingerprint density at radius 3 is 2.19 bits per heavy atom. The molecule has 7 heteroatoms. The molecule has 0 atom stereocenters. The van der Waals surface area contributed by atoms with E-state index in [9.17, 15) is 13.2 Å². The molecule has 0 saturated heterocycles. The second-order valence-corrected chi connectivity index (χ2v) is 9.07. The maximum Gasteiger partial charge on any atom is 0.243 e. The van der Waals surface area contributed by atoms with Gasteiger partial charge in [-0.2, -0.15) is 0 Å². The van der Waals surface area contributed by atoms with Crippen LogP contribution < -0.4 is 10.6 Å². The van der Waals surface area contributed by atoms with Crippen molar-refractivity contribution in [2.75, 3.05) is 31.3 Å². The maximum absolute atomic E-state index is 12.4. The number of carbonyl (C=O) groups excluding carboxylic acids is 1. The van der Waals surface area contributed by atoms with Crippen LogP contribution in [0.5, 0.6) is 0 Å². The van der Waals surface area contributed by atoms with E-state index in [0.29, 0.717) is 17.2 Å². The van der Waals surface area contributed by atoms with E-state index in [-0.39, 0.29) is 17.3 Å². The van der Waals surface area contributed by atoms with Crippen LogP contribution in [-0.2, 0) is 14.8 Å². The van der Waals surface area contributed by atoms with Crippen LogP contribution in [0.3, 0.4) is 0 Å². The number of nitrogens with zero attached hydrogens (tertiary/aromatic N) is 1. The highest BCUT2D eigenvalue weighted by atomic mass is 32.2. The van der Waals surface area contributed by atoms with E-state index in [0.717, 1.165) is 9.99 Å². The van der Waals surface area contributed by atoms with Gasteiger partial charge in [0.25, 0.3) is 0 Å². The minimum atomic E-state index is -3.57. The first-order valence-corrected chi connectivity index (χ1v) is 10.2. The molecule has 0 radical (unpaired) electrons. The normalized spacial score (nSPS) is 11.7. The SMILES string of the molecule is Cc1ccc(NC(=O)CNc2ccc(C(C)C)cc2)cc1S(=O)(=O)N(C)C. The third-order valence-electron chi connectivity index (χ3n) is 4.26. The van der Waals surface area contributed by atoms with Crippen molar-refractivity contribution in [3.8, 4) is 0 Å². The highest BCUT2D eigenvalue weighted by molar-refractivity contribution is 7.89. The van der Waals surface area contributed by atoms with Crippen molar-refractivity contribution >= 4 is 27.3 Å². The summed E-state index contributed by atoms with van der Waals surface area (Å²) in [4.78, 5) is 12.4. The predicted octanol–water partition coefficient (Wildman–Crippen LogP) is 3.42. The van der Waals surface area contributed by atoms with Crippen LogP contribution in [0.4, 0.5) is 11.4 Å². The highest BCUT2D eigenvalue weighted by Gasteiger charge is 2.20. The molecule has 6 nitrogen and oxygen atoms in total.